The average molecular weight is 253 g/mol. The van der Waals surface area contributed by atoms with Gasteiger partial charge in [-0.25, -0.2) is 4.39 Å². The number of halogens is 1. The standard InChI is InChI=1S/C16H12FNO/c17-15-8-7-13(10-14(15)11-18)16(19)9-6-12-4-2-1-3-5-12/h1-5,7-8,10H,6,9H2. The summed E-state index contributed by atoms with van der Waals surface area (Å²) in [5.41, 5.74) is 1.37. The first kappa shape index (κ1) is 13.0. The van der Waals surface area contributed by atoms with Crippen LogP contribution in [0, 0.1) is 17.1 Å². The molecule has 0 aromatic heterocycles. The highest BCUT2D eigenvalue weighted by atomic mass is 19.1. The van der Waals surface area contributed by atoms with E-state index in [1.54, 1.807) is 6.07 Å². The van der Waals surface area contributed by atoms with E-state index in [1.807, 2.05) is 30.3 Å². The van der Waals surface area contributed by atoms with Crippen LogP contribution in [0.1, 0.15) is 27.9 Å². The second kappa shape index (κ2) is 5.92. The summed E-state index contributed by atoms with van der Waals surface area (Å²) in [4.78, 5) is 12.0. The summed E-state index contributed by atoms with van der Waals surface area (Å²) in [6.07, 6.45) is 0.986. The average Bonchev–Trinajstić information content (AvgIpc) is 2.46. The van der Waals surface area contributed by atoms with Crippen LogP contribution < -0.4 is 0 Å². The molecule has 0 amide bonds. The second-order valence-corrected chi connectivity index (χ2v) is 4.22. The van der Waals surface area contributed by atoms with E-state index in [2.05, 4.69) is 0 Å². The van der Waals surface area contributed by atoms with E-state index >= 15 is 0 Å². The van der Waals surface area contributed by atoms with Gasteiger partial charge in [-0.15, -0.1) is 0 Å². The largest absolute Gasteiger partial charge is 0.294 e. The number of hydrogen-bond donors (Lipinski definition) is 0. The van der Waals surface area contributed by atoms with Crippen LogP contribution in [0.5, 0.6) is 0 Å². The molecule has 0 N–H and O–H groups in total. The Labute approximate surface area is 111 Å². The number of hydrogen-bond acceptors (Lipinski definition) is 2. The first-order chi connectivity index (χ1) is 9.20. The number of aryl methyl sites for hydroxylation is 1. The molecule has 0 saturated carbocycles. The first-order valence-corrected chi connectivity index (χ1v) is 5.97. The van der Waals surface area contributed by atoms with Crippen LogP contribution in [0.2, 0.25) is 0 Å². The van der Waals surface area contributed by atoms with Gasteiger partial charge in [0.2, 0.25) is 0 Å². The van der Waals surface area contributed by atoms with E-state index < -0.39 is 5.82 Å². The Morgan fingerprint density at radius 3 is 2.58 bits per heavy atom. The Morgan fingerprint density at radius 1 is 1.16 bits per heavy atom. The van der Waals surface area contributed by atoms with Gasteiger partial charge >= 0.3 is 0 Å². The molecular formula is C16H12FNO. The maximum Gasteiger partial charge on any atom is 0.163 e. The van der Waals surface area contributed by atoms with Crippen molar-refractivity contribution >= 4 is 5.78 Å². The van der Waals surface area contributed by atoms with Gasteiger partial charge in [0.1, 0.15) is 11.9 Å². The lowest BCUT2D eigenvalue weighted by Gasteiger charge is -2.03. The fourth-order valence-electron chi connectivity index (χ4n) is 1.83. The van der Waals surface area contributed by atoms with Crippen LogP contribution in [-0.2, 0) is 6.42 Å². The third-order valence-electron chi connectivity index (χ3n) is 2.89. The predicted molar refractivity (Wildman–Crippen MR) is 70.2 cm³/mol. The fraction of sp³-hybridized carbons (Fsp3) is 0.125. The summed E-state index contributed by atoms with van der Waals surface area (Å²) < 4.78 is 13.2. The molecular weight excluding hydrogens is 241 g/mol. The highest BCUT2D eigenvalue weighted by Gasteiger charge is 2.09. The van der Waals surface area contributed by atoms with Gasteiger partial charge in [0.15, 0.2) is 5.78 Å². The van der Waals surface area contributed by atoms with Crippen LogP contribution in [0.15, 0.2) is 48.5 Å². The molecule has 2 aromatic rings. The molecule has 0 fully saturated rings. The molecule has 0 heterocycles. The maximum atomic E-state index is 13.2. The van der Waals surface area contributed by atoms with Gasteiger partial charge in [-0.1, -0.05) is 30.3 Å². The van der Waals surface area contributed by atoms with E-state index in [-0.39, 0.29) is 11.3 Å². The summed E-state index contributed by atoms with van der Waals surface area (Å²) in [5, 5.41) is 8.73. The van der Waals surface area contributed by atoms with Crippen molar-refractivity contribution in [1.29, 1.82) is 5.26 Å². The molecule has 0 atom stereocenters. The number of ketones is 1. The lowest BCUT2D eigenvalue weighted by Crippen LogP contribution is -2.02. The number of nitrogens with zero attached hydrogens (tertiary/aromatic N) is 1. The van der Waals surface area contributed by atoms with Crippen molar-refractivity contribution in [2.45, 2.75) is 12.8 Å². The number of carbonyl (C=O) groups is 1. The van der Waals surface area contributed by atoms with E-state index in [4.69, 9.17) is 5.26 Å². The van der Waals surface area contributed by atoms with Crippen molar-refractivity contribution in [2.24, 2.45) is 0 Å². The molecule has 94 valence electrons. The zero-order chi connectivity index (χ0) is 13.7. The summed E-state index contributed by atoms with van der Waals surface area (Å²) in [6, 6.07) is 15.3. The number of Topliss-reactive ketones (excluding diaryl/α,β-unsaturated/α-hetero) is 1. The Kier molecular flexibility index (Phi) is 4.04. The smallest absolute Gasteiger partial charge is 0.163 e. The van der Waals surface area contributed by atoms with Gasteiger partial charge < -0.3 is 0 Å². The topological polar surface area (TPSA) is 40.9 Å². The van der Waals surface area contributed by atoms with Crippen molar-refractivity contribution in [3.63, 3.8) is 0 Å². The molecule has 19 heavy (non-hydrogen) atoms. The van der Waals surface area contributed by atoms with Crippen molar-refractivity contribution in [3.05, 3.63) is 71.0 Å². The minimum absolute atomic E-state index is 0.0830. The Hall–Kier alpha value is -2.47. The molecule has 3 heteroatoms. The van der Waals surface area contributed by atoms with Crippen molar-refractivity contribution < 1.29 is 9.18 Å². The molecule has 0 spiro atoms. The summed E-state index contributed by atoms with van der Waals surface area (Å²) >= 11 is 0. The zero-order valence-corrected chi connectivity index (χ0v) is 10.3. The van der Waals surface area contributed by atoms with Crippen LogP contribution >= 0.6 is 0 Å². The molecule has 0 aliphatic rings. The van der Waals surface area contributed by atoms with Crippen LogP contribution in [-0.4, -0.2) is 5.78 Å². The van der Waals surface area contributed by atoms with E-state index in [9.17, 15) is 9.18 Å². The lowest BCUT2D eigenvalue weighted by atomic mass is 10.0. The monoisotopic (exact) mass is 253 g/mol. The third kappa shape index (κ3) is 3.26. The molecule has 0 bridgehead atoms. The Bertz CT molecular complexity index is 629. The third-order valence-corrected chi connectivity index (χ3v) is 2.89. The van der Waals surface area contributed by atoms with E-state index in [0.29, 0.717) is 18.4 Å². The van der Waals surface area contributed by atoms with Gasteiger partial charge in [0.25, 0.3) is 0 Å². The quantitative estimate of drug-likeness (QED) is 0.782. The van der Waals surface area contributed by atoms with Crippen molar-refractivity contribution in [2.75, 3.05) is 0 Å². The molecule has 0 aliphatic carbocycles. The van der Waals surface area contributed by atoms with E-state index in [0.717, 1.165) is 11.6 Å². The summed E-state index contributed by atoms with van der Waals surface area (Å²) in [7, 11) is 0. The number of benzene rings is 2. The minimum Gasteiger partial charge on any atom is -0.294 e. The van der Waals surface area contributed by atoms with Crippen molar-refractivity contribution in [1.82, 2.24) is 0 Å². The normalized spacial score (nSPS) is 9.89. The molecule has 2 aromatic carbocycles. The second-order valence-electron chi connectivity index (χ2n) is 4.22. The molecule has 0 saturated heterocycles. The minimum atomic E-state index is -0.595. The van der Waals surface area contributed by atoms with Crippen LogP contribution in [0.4, 0.5) is 4.39 Å². The summed E-state index contributed by atoms with van der Waals surface area (Å²) in [5.74, 6) is -0.678. The number of carbonyl (C=O) groups excluding carboxylic acids is 1. The van der Waals surface area contributed by atoms with Gasteiger partial charge in [-0.2, -0.15) is 5.26 Å². The molecule has 0 radical (unpaired) electrons. The van der Waals surface area contributed by atoms with Crippen LogP contribution in [0.25, 0.3) is 0 Å². The molecule has 2 rings (SSSR count). The maximum absolute atomic E-state index is 13.2. The van der Waals surface area contributed by atoms with Gasteiger partial charge in [-0.05, 0) is 30.2 Å². The Balaban J connectivity index is 2.07. The molecule has 0 unspecified atom stereocenters. The van der Waals surface area contributed by atoms with E-state index in [1.165, 1.54) is 12.1 Å². The lowest BCUT2D eigenvalue weighted by molar-refractivity contribution is 0.0983. The Morgan fingerprint density at radius 2 is 1.89 bits per heavy atom. The number of nitriles is 1. The highest BCUT2D eigenvalue weighted by Crippen LogP contribution is 2.13. The zero-order valence-electron chi connectivity index (χ0n) is 10.3. The van der Waals surface area contributed by atoms with Gasteiger partial charge in [-0.3, -0.25) is 4.79 Å². The van der Waals surface area contributed by atoms with Crippen molar-refractivity contribution in [3.8, 4) is 6.07 Å². The van der Waals surface area contributed by atoms with Crippen LogP contribution in [0.3, 0.4) is 0 Å². The fourth-order valence-corrected chi connectivity index (χ4v) is 1.83. The predicted octanol–water partition coefficient (Wildman–Crippen LogP) is 3.51. The number of rotatable bonds is 4. The molecule has 0 aliphatic heterocycles. The highest BCUT2D eigenvalue weighted by molar-refractivity contribution is 5.96. The van der Waals surface area contributed by atoms with Gasteiger partial charge in [0.05, 0.1) is 5.56 Å². The molecule has 2 nitrogen and oxygen atoms in total. The SMILES string of the molecule is N#Cc1cc(C(=O)CCc2ccccc2)ccc1F. The first-order valence-electron chi connectivity index (χ1n) is 5.97. The summed E-state index contributed by atoms with van der Waals surface area (Å²) in [6.45, 7) is 0. The van der Waals surface area contributed by atoms with Gasteiger partial charge in [0, 0.05) is 12.0 Å².